The SMILES string of the molecule is CC(C)(C)C(=O)c1ccc2ccncc2c1. The molecule has 1 aromatic heterocycles. The first-order valence-electron chi connectivity index (χ1n) is 5.37. The van der Waals surface area contributed by atoms with Crippen LogP contribution in [0.3, 0.4) is 0 Å². The summed E-state index contributed by atoms with van der Waals surface area (Å²) in [6, 6.07) is 7.71. The maximum atomic E-state index is 12.1. The molecule has 0 fully saturated rings. The Bertz CT molecular complexity index is 538. The molecule has 0 N–H and O–H groups in total. The summed E-state index contributed by atoms with van der Waals surface area (Å²) in [5, 5.41) is 2.12. The van der Waals surface area contributed by atoms with Crippen LogP contribution in [0.15, 0.2) is 36.7 Å². The number of fused-ring (bicyclic) bond motifs is 1. The lowest BCUT2D eigenvalue weighted by Crippen LogP contribution is -2.19. The van der Waals surface area contributed by atoms with Crippen LogP contribution < -0.4 is 0 Å². The van der Waals surface area contributed by atoms with Crippen molar-refractivity contribution in [3.05, 3.63) is 42.2 Å². The molecule has 0 radical (unpaired) electrons. The summed E-state index contributed by atoms with van der Waals surface area (Å²) in [5.74, 6) is 0.165. The number of aromatic nitrogens is 1. The van der Waals surface area contributed by atoms with Crippen LogP contribution in [-0.2, 0) is 0 Å². The van der Waals surface area contributed by atoms with E-state index in [-0.39, 0.29) is 11.2 Å². The van der Waals surface area contributed by atoms with Gasteiger partial charge in [-0.15, -0.1) is 0 Å². The van der Waals surface area contributed by atoms with Crippen molar-refractivity contribution in [1.29, 1.82) is 0 Å². The van der Waals surface area contributed by atoms with E-state index in [0.717, 1.165) is 16.3 Å². The molecule has 0 aliphatic rings. The minimum Gasteiger partial charge on any atom is -0.294 e. The molecule has 2 aromatic rings. The van der Waals surface area contributed by atoms with Crippen molar-refractivity contribution in [3.8, 4) is 0 Å². The van der Waals surface area contributed by atoms with Crippen molar-refractivity contribution in [2.75, 3.05) is 0 Å². The van der Waals surface area contributed by atoms with Gasteiger partial charge in [0.1, 0.15) is 0 Å². The largest absolute Gasteiger partial charge is 0.294 e. The maximum absolute atomic E-state index is 12.1. The maximum Gasteiger partial charge on any atom is 0.168 e. The summed E-state index contributed by atoms with van der Waals surface area (Å²) in [4.78, 5) is 16.2. The predicted molar refractivity (Wildman–Crippen MR) is 65.5 cm³/mol. The number of pyridine rings is 1. The lowest BCUT2D eigenvalue weighted by Gasteiger charge is -2.16. The van der Waals surface area contributed by atoms with Gasteiger partial charge in [0, 0.05) is 28.8 Å². The second kappa shape index (κ2) is 3.71. The second-order valence-electron chi connectivity index (χ2n) is 5.02. The number of carbonyl (C=O) groups excluding carboxylic acids is 1. The topological polar surface area (TPSA) is 30.0 Å². The average molecular weight is 213 g/mol. The summed E-state index contributed by atoms with van der Waals surface area (Å²) in [5.41, 5.74) is 0.420. The van der Waals surface area contributed by atoms with Crippen LogP contribution in [0.25, 0.3) is 10.8 Å². The summed E-state index contributed by atoms with van der Waals surface area (Å²) in [6.07, 6.45) is 3.54. The minimum absolute atomic E-state index is 0.165. The number of nitrogens with zero attached hydrogens (tertiary/aromatic N) is 1. The molecule has 0 atom stereocenters. The Morgan fingerprint density at radius 3 is 2.56 bits per heavy atom. The Labute approximate surface area is 95.3 Å². The zero-order valence-corrected chi connectivity index (χ0v) is 9.82. The third-order valence-corrected chi connectivity index (χ3v) is 2.58. The van der Waals surface area contributed by atoms with Crippen LogP contribution in [0.4, 0.5) is 0 Å². The Morgan fingerprint density at radius 2 is 1.88 bits per heavy atom. The monoisotopic (exact) mass is 213 g/mol. The molecule has 1 aromatic carbocycles. The molecular weight excluding hydrogens is 198 g/mol. The van der Waals surface area contributed by atoms with Crippen molar-refractivity contribution in [1.82, 2.24) is 4.98 Å². The third kappa shape index (κ3) is 1.96. The summed E-state index contributed by atoms with van der Waals surface area (Å²) in [7, 11) is 0. The van der Waals surface area contributed by atoms with Crippen LogP contribution in [-0.4, -0.2) is 10.8 Å². The van der Waals surface area contributed by atoms with Gasteiger partial charge in [-0.1, -0.05) is 32.9 Å². The number of hydrogen-bond donors (Lipinski definition) is 0. The molecule has 0 saturated carbocycles. The third-order valence-electron chi connectivity index (χ3n) is 2.58. The van der Waals surface area contributed by atoms with Crippen LogP contribution in [0.5, 0.6) is 0 Å². The molecule has 0 aliphatic carbocycles. The number of Topliss-reactive ketones (excluding diaryl/α,β-unsaturated/α-hetero) is 1. The van der Waals surface area contributed by atoms with Gasteiger partial charge in [-0.25, -0.2) is 0 Å². The van der Waals surface area contributed by atoms with Crippen molar-refractivity contribution in [3.63, 3.8) is 0 Å². The predicted octanol–water partition coefficient (Wildman–Crippen LogP) is 3.46. The van der Waals surface area contributed by atoms with Gasteiger partial charge in [0.25, 0.3) is 0 Å². The van der Waals surface area contributed by atoms with Gasteiger partial charge in [0.05, 0.1) is 0 Å². The van der Waals surface area contributed by atoms with Crippen LogP contribution >= 0.6 is 0 Å². The first kappa shape index (κ1) is 10.8. The summed E-state index contributed by atoms with van der Waals surface area (Å²) in [6.45, 7) is 5.80. The lowest BCUT2D eigenvalue weighted by molar-refractivity contribution is 0.0858. The van der Waals surface area contributed by atoms with Crippen LogP contribution in [0.2, 0.25) is 0 Å². The molecule has 16 heavy (non-hydrogen) atoms. The van der Waals surface area contributed by atoms with Gasteiger partial charge in [0.2, 0.25) is 0 Å². The van der Waals surface area contributed by atoms with Crippen LogP contribution in [0, 0.1) is 5.41 Å². The molecule has 82 valence electrons. The van der Waals surface area contributed by atoms with Gasteiger partial charge in [-0.05, 0) is 17.5 Å². The zero-order chi connectivity index (χ0) is 11.8. The van der Waals surface area contributed by atoms with Crippen LogP contribution in [0.1, 0.15) is 31.1 Å². The molecule has 0 unspecified atom stereocenters. The molecule has 0 saturated heterocycles. The van der Waals surface area contributed by atoms with E-state index in [1.54, 1.807) is 12.4 Å². The Balaban J connectivity index is 2.52. The Kier molecular flexibility index (Phi) is 2.50. The summed E-state index contributed by atoms with van der Waals surface area (Å²) >= 11 is 0. The minimum atomic E-state index is -0.337. The number of rotatable bonds is 1. The van der Waals surface area contributed by atoms with E-state index in [1.807, 2.05) is 45.0 Å². The van der Waals surface area contributed by atoms with Gasteiger partial charge in [-0.3, -0.25) is 9.78 Å². The Morgan fingerprint density at radius 1 is 1.12 bits per heavy atom. The zero-order valence-electron chi connectivity index (χ0n) is 9.82. The molecule has 2 nitrogen and oxygen atoms in total. The smallest absolute Gasteiger partial charge is 0.168 e. The second-order valence-corrected chi connectivity index (χ2v) is 5.02. The number of carbonyl (C=O) groups is 1. The molecule has 2 heteroatoms. The van der Waals surface area contributed by atoms with Crippen molar-refractivity contribution in [2.24, 2.45) is 5.41 Å². The molecule has 1 heterocycles. The van der Waals surface area contributed by atoms with E-state index in [1.165, 1.54) is 0 Å². The molecule has 2 rings (SSSR count). The fraction of sp³-hybridized carbons (Fsp3) is 0.286. The fourth-order valence-corrected chi connectivity index (χ4v) is 1.66. The summed E-state index contributed by atoms with van der Waals surface area (Å²) < 4.78 is 0. The van der Waals surface area contributed by atoms with E-state index in [2.05, 4.69) is 4.98 Å². The molecule has 0 bridgehead atoms. The van der Waals surface area contributed by atoms with E-state index < -0.39 is 0 Å². The molecule has 0 spiro atoms. The standard InChI is InChI=1S/C14H15NO/c1-14(2,3)13(16)11-5-4-10-6-7-15-9-12(10)8-11/h4-9H,1-3H3. The first-order valence-corrected chi connectivity index (χ1v) is 5.37. The van der Waals surface area contributed by atoms with E-state index >= 15 is 0 Å². The van der Waals surface area contributed by atoms with E-state index in [9.17, 15) is 4.79 Å². The molecule has 0 amide bonds. The highest BCUT2D eigenvalue weighted by Gasteiger charge is 2.22. The quantitative estimate of drug-likeness (QED) is 0.679. The highest BCUT2D eigenvalue weighted by Crippen LogP contribution is 2.23. The Hall–Kier alpha value is -1.70. The highest BCUT2D eigenvalue weighted by molar-refractivity contribution is 6.02. The van der Waals surface area contributed by atoms with Crippen molar-refractivity contribution >= 4 is 16.6 Å². The number of hydrogen-bond acceptors (Lipinski definition) is 2. The molecule has 0 aliphatic heterocycles. The van der Waals surface area contributed by atoms with Crippen molar-refractivity contribution < 1.29 is 4.79 Å². The van der Waals surface area contributed by atoms with Crippen molar-refractivity contribution in [2.45, 2.75) is 20.8 Å². The van der Waals surface area contributed by atoms with Gasteiger partial charge < -0.3 is 0 Å². The lowest BCUT2D eigenvalue weighted by atomic mass is 9.86. The van der Waals surface area contributed by atoms with Gasteiger partial charge in [0.15, 0.2) is 5.78 Å². The average Bonchev–Trinajstić information content (AvgIpc) is 2.26. The first-order chi connectivity index (χ1) is 7.48. The highest BCUT2D eigenvalue weighted by atomic mass is 16.1. The number of benzene rings is 1. The fourth-order valence-electron chi connectivity index (χ4n) is 1.66. The van der Waals surface area contributed by atoms with Gasteiger partial charge in [-0.2, -0.15) is 0 Å². The normalized spacial score (nSPS) is 11.7. The number of ketones is 1. The van der Waals surface area contributed by atoms with Gasteiger partial charge >= 0.3 is 0 Å². The molecular formula is C14H15NO. The van der Waals surface area contributed by atoms with E-state index in [4.69, 9.17) is 0 Å². The van der Waals surface area contributed by atoms with E-state index in [0.29, 0.717) is 0 Å².